The lowest BCUT2D eigenvalue weighted by Crippen LogP contribution is -2.49. The number of aromatic nitrogens is 3. The van der Waals surface area contributed by atoms with Gasteiger partial charge in [-0.15, -0.1) is 5.10 Å². The number of carbonyl (C=O) groups is 1. The Balaban J connectivity index is 1.30. The summed E-state index contributed by atoms with van der Waals surface area (Å²) in [6.45, 7) is 6.48. The number of hydrogen-bond acceptors (Lipinski definition) is 6. The largest absolute Gasteiger partial charge is 0.461 e. The number of piperazine rings is 1. The number of rotatable bonds is 7. The molecule has 1 aromatic carbocycles. The summed E-state index contributed by atoms with van der Waals surface area (Å²) in [5, 5.41) is 7.69. The van der Waals surface area contributed by atoms with Crippen LogP contribution in [-0.4, -0.2) is 62.8 Å². The van der Waals surface area contributed by atoms with Gasteiger partial charge >= 0.3 is 0 Å². The summed E-state index contributed by atoms with van der Waals surface area (Å²) >= 11 is 5.55. The summed E-state index contributed by atoms with van der Waals surface area (Å²) in [6.07, 6.45) is 2.53. The van der Waals surface area contributed by atoms with Crippen molar-refractivity contribution in [1.29, 1.82) is 0 Å². The molecule has 1 fully saturated rings. The number of nitrogens with zero attached hydrogens (tertiary/aromatic N) is 5. The molecule has 0 bridgehead atoms. The van der Waals surface area contributed by atoms with E-state index < -0.39 is 0 Å². The van der Waals surface area contributed by atoms with Crippen LogP contribution in [0.5, 0.6) is 0 Å². The van der Waals surface area contributed by atoms with Crippen molar-refractivity contribution in [3.8, 4) is 11.6 Å². The van der Waals surface area contributed by atoms with Crippen LogP contribution in [0.2, 0.25) is 0 Å². The molecule has 164 valence electrons. The van der Waals surface area contributed by atoms with Gasteiger partial charge in [0.05, 0.1) is 19.5 Å². The summed E-state index contributed by atoms with van der Waals surface area (Å²) in [5.74, 6) is 1.45. The fourth-order valence-corrected chi connectivity index (χ4v) is 4.01. The average Bonchev–Trinajstić information content (AvgIpc) is 3.40. The minimum Gasteiger partial charge on any atom is -0.461 e. The smallest absolute Gasteiger partial charge is 0.238 e. The molecule has 4 rings (SSSR count). The zero-order valence-corrected chi connectivity index (χ0v) is 18.8. The van der Waals surface area contributed by atoms with E-state index in [0.29, 0.717) is 23.7 Å². The minimum atomic E-state index is 0.0318. The molecule has 0 unspecified atom stereocenters. The molecular weight excluding hydrogens is 412 g/mol. The number of hydrogen-bond donors (Lipinski definition) is 1. The molecule has 0 radical (unpaired) electrons. The second kappa shape index (κ2) is 9.59. The Kier molecular flexibility index (Phi) is 6.64. The summed E-state index contributed by atoms with van der Waals surface area (Å²) < 4.78 is 9.82. The first-order valence-corrected chi connectivity index (χ1v) is 11.0. The van der Waals surface area contributed by atoms with Gasteiger partial charge in [-0.05, 0) is 42.4 Å². The molecule has 31 heavy (non-hydrogen) atoms. The van der Waals surface area contributed by atoms with E-state index in [9.17, 15) is 4.79 Å². The number of anilines is 1. The van der Waals surface area contributed by atoms with E-state index in [1.165, 1.54) is 0 Å². The molecule has 0 saturated carbocycles. The summed E-state index contributed by atoms with van der Waals surface area (Å²) in [7, 11) is 1.90. The zero-order chi connectivity index (χ0) is 21.8. The maximum atomic E-state index is 12.5. The van der Waals surface area contributed by atoms with Gasteiger partial charge in [-0.3, -0.25) is 14.6 Å². The van der Waals surface area contributed by atoms with Crippen molar-refractivity contribution < 1.29 is 9.21 Å². The van der Waals surface area contributed by atoms with Gasteiger partial charge in [0, 0.05) is 38.9 Å². The molecule has 0 aliphatic carbocycles. The molecule has 0 spiro atoms. The van der Waals surface area contributed by atoms with E-state index in [1.54, 1.807) is 6.26 Å². The lowest BCUT2D eigenvalue weighted by atomic mass is 10.1. The zero-order valence-electron chi connectivity index (χ0n) is 18.0. The van der Waals surface area contributed by atoms with Crippen LogP contribution in [0.15, 0.2) is 47.1 Å². The number of amides is 1. The van der Waals surface area contributed by atoms with Crippen LogP contribution in [-0.2, 0) is 24.9 Å². The average molecular weight is 441 g/mol. The maximum absolute atomic E-state index is 12.5. The second-order valence-electron chi connectivity index (χ2n) is 7.74. The highest BCUT2D eigenvalue weighted by Gasteiger charge is 2.21. The van der Waals surface area contributed by atoms with Gasteiger partial charge in [0.1, 0.15) is 0 Å². The highest BCUT2D eigenvalue weighted by Crippen LogP contribution is 2.18. The number of para-hydroxylation sites is 1. The Labute approximate surface area is 187 Å². The standard InChI is InChI=1S/C22H28N6O2S/c1-3-17-7-4-5-8-18(17)23-20(29)15-26-10-12-27(13-11-26)16-28-22(31)25(2)21(24-28)19-9-6-14-30-19/h4-9,14H,3,10-13,15-16H2,1-2H3,(H,23,29). The maximum Gasteiger partial charge on any atom is 0.238 e. The van der Waals surface area contributed by atoms with E-state index in [-0.39, 0.29) is 5.91 Å². The molecule has 1 aliphatic heterocycles. The van der Waals surface area contributed by atoms with E-state index in [2.05, 4.69) is 27.1 Å². The third kappa shape index (κ3) is 4.95. The Morgan fingerprint density at radius 3 is 2.58 bits per heavy atom. The molecule has 8 nitrogen and oxygen atoms in total. The fraction of sp³-hybridized carbons (Fsp3) is 0.409. The number of carbonyl (C=O) groups excluding carboxylic acids is 1. The Morgan fingerprint density at radius 1 is 1.13 bits per heavy atom. The third-order valence-corrected chi connectivity index (χ3v) is 6.11. The Hall–Kier alpha value is -2.75. The molecule has 1 aliphatic rings. The van der Waals surface area contributed by atoms with E-state index >= 15 is 0 Å². The molecular formula is C22H28N6O2S. The molecule has 1 amide bonds. The predicted octanol–water partition coefficient (Wildman–Crippen LogP) is 2.99. The number of benzene rings is 1. The third-order valence-electron chi connectivity index (χ3n) is 5.62. The van der Waals surface area contributed by atoms with Crippen LogP contribution < -0.4 is 5.32 Å². The summed E-state index contributed by atoms with van der Waals surface area (Å²) in [4.78, 5) is 17.0. The summed E-state index contributed by atoms with van der Waals surface area (Å²) in [5.41, 5.74) is 2.06. The summed E-state index contributed by atoms with van der Waals surface area (Å²) in [6, 6.07) is 11.7. The van der Waals surface area contributed by atoms with Crippen molar-refractivity contribution >= 4 is 23.8 Å². The molecule has 1 N–H and O–H groups in total. The van der Waals surface area contributed by atoms with Gasteiger partial charge in [0.15, 0.2) is 16.4 Å². The van der Waals surface area contributed by atoms with E-state index in [1.807, 2.05) is 52.7 Å². The minimum absolute atomic E-state index is 0.0318. The molecule has 3 aromatic rings. The van der Waals surface area contributed by atoms with Crippen LogP contribution in [0.4, 0.5) is 5.69 Å². The van der Waals surface area contributed by atoms with Gasteiger partial charge in [-0.25, -0.2) is 4.68 Å². The second-order valence-corrected chi connectivity index (χ2v) is 8.10. The number of nitrogens with one attached hydrogen (secondary N) is 1. The SMILES string of the molecule is CCc1ccccc1NC(=O)CN1CCN(Cn2nc(-c3ccco3)n(C)c2=S)CC1. The van der Waals surface area contributed by atoms with Crippen molar-refractivity contribution in [2.75, 3.05) is 38.0 Å². The first-order chi connectivity index (χ1) is 15.0. The molecule has 2 aromatic heterocycles. The normalized spacial score (nSPS) is 15.3. The fourth-order valence-electron chi connectivity index (χ4n) is 3.82. The molecule has 1 saturated heterocycles. The highest BCUT2D eigenvalue weighted by atomic mass is 32.1. The van der Waals surface area contributed by atoms with Gasteiger partial charge in [0.25, 0.3) is 0 Å². The van der Waals surface area contributed by atoms with E-state index in [4.69, 9.17) is 16.6 Å². The molecule has 3 heterocycles. The lowest BCUT2D eigenvalue weighted by Gasteiger charge is -2.34. The lowest BCUT2D eigenvalue weighted by molar-refractivity contribution is -0.117. The van der Waals surface area contributed by atoms with Crippen LogP contribution in [0.1, 0.15) is 12.5 Å². The van der Waals surface area contributed by atoms with Crippen molar-refractivity contribution in [2.45, 2.75) is 20.0 Å². The molecule has 9 heteroatoms. The van der Waals surface area contributed by atoms with Gasteiger partial charge in [-0.1, -0.05) is 25.1 Å². The van der Waals surface area contributed by atoms with Gasteiger partial charge in [-0.2, -0.15) is 0 Å². The van der Waals surface area contributed by atoms with Crippen LogP contribution >= 0.6 is 12.2 Å². The van der Waals surface area contributed by atoms with Gasteiger partial charge in [0.2, 0.25) is 5.91 Å². The van der Waals surface area contributed by atoms with Crippen molar-refractivity contribution in [2.24, 2.45) is 7.05 Å². The first-order valence-electron chi connectivity index (χ1n) is 10.6. The predicted molar refractivity (Wildman–Crippen MR) is 122 cm³/mol. The monoisotopic (exact) mass is 440 g/mol. The van der Waals surface area contributed by atoms with E-state index in [0.717, 1.165) is 49.7 Å². The first kappa shape index (κ1) is 21.5. The Morgan fingerprint density at radius 2 is 1.87 bits per heavy atom. The van der Waals surface area contributed by atoms with Gasteiger partial charge < -0.3 is 14.3 Å². The Bertz CT molecular complexity index is 1080. The highest BCUT2D eigenvalue weighted by molar-refractivity contribution is 7.71. The van der Waals surface area contributed by atoms with Crippen molar-refractivity contribution in [1.82, 2.24) is 24.1 Å². The number of furan rings is 1. The van der Waals surface area contributed by atoms with Crippen LogP contribution in [0.3, 0.4) is 0 Å². The topological polar surface area (TPSA) is 71.5 Å². The van der Waals surface area contributed by atoms with Crippen LogP contribution in [0.25, 0.3) is 11.6 Å². The van der Waals surface area contributed by atoms with Crippen LogP contribution in [0, 0.1) is 4.77 Å². The van der Waals surface area contributed by atoms with Crippen molar-refractivity contribution in [3.63, 3.8) is 0 Å². The number of aryl methyl sites for hydroxylation is 1. The quantitative estimate of drug-likeness (QED) is 0.570. The van der Waals surface area contributed by atoms with Crippen molar-refractivity contribution in [3.05, 3.63) is 53.0 Å². The molecule has 0 atom stereocenters.